The van der Waals surface area contributed by atoms with Gasteiger partial charge in [0, 0.05) is 11.2 Å². The summed E-state index contributed by atoms with van der Waals surface area (Å²) in [6, 6.07) is 7.78. The highest BCUT2D eigenvalue weighted by Crippen LogP contribution is 2.25. The lowest BCUT2D eigenvalue weighted by atomic mass is 10.2. The van der Waals surface area contributed by atoms with Gasteiger partial charge in [0.05, 0.1) is 9.83 Å². The van der Waals surface area contributed by atoms with Crippen LogP contribution in [0.2, 0.25) is 0 Å². The van der Waals surface area contributed by atoms with Crippen molar-refractivity contribution < 1.29 is 4.21 Å². The molecule has 1 aromatic carbocycles. The molecule has 0 N–H and O–H groups in total. The van der Waals surface area contributed by atoms with Gasteiger partial charge in [-0.05, 0) is 22.4 Å². The summed E-state index contributed by atoms with van der Waals surface area (Å²) in [7, 11) is 0.491. The molecule has 0 aliphatic heterocycles. The highest BCUT2D eigenvalue weighted by Gasteiger charge is 2.00. The first-order valence-electron chi connectivity index (χ1n) is 4.47. The SMILES string of the molecule is C=Cc1ccccc1SS(C)=O.CC. The van der Waals surface area contributed by atoms with Crippen LogP contribution in [0.15, 0.2) is 35.7 Å². The van der Waals surface area contributed by atoms with Gasteiger partial charge in [-0.15, -0.1) is 0 Å². The molecule has 0 spiro atoms. The minimum absolute atomic E-state index is 0.860. The Hall–Kier alpha value is -0.540. The molecule has 0 heterocycles. The molecule has 1 aromatic rings. The van der Waals surface area contributed by atoms with Gasteiger partial charge in [-0.25, -0.2) is 4.21 Å². The van der Waals surface area contributed by atoms with Crippen LogP contribution in [-0.2, 0) is 9.83 Å². The maximum atomic E-state index is 10.9. The van der Waals surface area contributed by atoms with Crippen molar-refractivity contribution in [2.24, 2.45) is 0 Å². The Labute approximate surface area is 92.5 Å². The Balaban J connectivity index is 0.000000791. The highest BCUT2D eigenvalue weighted by molar-refractivity contribution is 8.69. The average Bonchev–Trinajstić information content (AvgIpc) is 2.21. The van der Waals surface area contributed by atoms with E-state index in [9.17, 15) is 4.21 Å². The van der Waals surface area contributed by atoms with Crippen LogP contribution < -0.4 is 0 Å². The predicted molar refractivity (Wildman–Crippen MR) is 67.8 cm³/mol. The van der Waals surface area contributed by atoms with Crippen molar-refractivity contribution in [1.29, 1.82) is 0 Å². The van der Waals surface area contributed by atoms with E-state index in [1.54, 1.807) is 12.3 Å². The number of hydrogen-bond donors (Lipinski definition) is 0. The summed E-state index contributed by atoms with van der Waals surface area (Å²) in [4.78, 5) is 1.02. The lowest BCUT2D eigenvalue weighted by Crippen LogP contribution is -1.81. The molecule has 1 rings (SSSR count). The number of rotatable bonds is 3. The second-order valence-electron chi connectivity index (χ2n) is 2.23. The molecule has 0 saturated heterocycles. The van der Waals surface area contributed by atoms with E-state index in [0.717, 1.165) is 10.5 Å². The first kappa shape index (κ1) is 13.5. The van der Waals surface area contributed by atoms with Crippen LogP contribution in [0.5, 0.6) is 0 Å². The summed E-state index contributed by atoms with van der Waals surface area (Å²) in [6.45, 7) is 7.69. The van der Waals surface area contributed by atoms with Crippen LogP contribution >= 0.6 is 10.8 Å². The van der Waals surface area contributed by atoms with Gasteiger partial charge in [0.2, 0.25) is 0 Å². The van der Waals surface area contributed by atoms with Crippen molar-refractivity contribution in [3.05, 3.63) is 36.4 Å². The normalized spacial score (nSPS) is 11.1. The third-order valence-corrected chi connectivity index (χ3v) is 3.37. The summed E-state index contributed by atoms with van der Waals surface area (Å²) in [5.74, 6) is 0. The van der Waals surface area contributed by atoms with Gasteiger partial charge in [0.1, 0.15) is 0 Å². The number of hydrogen-bond acceptors (Lipinski definition) is 2. The van der Waals surface area contributed by atoms with Gasteiger partial charge < -0.3 is 0 Å². The molecule has 0 aliphatic rings. The summed E-state index contributed by atoms with van der Waals surface area (Å²) in [5.41, 5.74) is 1.04. The molecule has 0 radical (unpaired) electrons. The van der Waals surface area contributed by atoms with Gasteiger partial charge in [0.15, 0.2) is 0 Å². The van der Waals surface area contributed by atoms with Gasteiger partial charge >= 0.3 is 0 Å². The van der Waals surface area contributed by atoms with E-state index >= 15 is 0 Å². The fraction of sp³-hybridized carbons (Fsp3) is 0.273. The quantitative estimate of drug-likeness (QED) is 0.733. The van der Waals surface area contributed by atoms with Crippen molar-refractivity contribution in [2.75, 3.05) is 6.26 Å². The second kappa shape index (κ2) is 7.83. The van der Waals surface area contributed by atoms with E-state index in [-0.39, 0.29) is 0 Å². The molecule has 78 valence electrons. The van der Waals surface area contributed by atoms with Crippen molar-refractivity contribution in [3.8, 4) is 0 Å². The first-order chi connectivity index (χ1) is 6.74. The zero-order valence-corrected chi connectivity index (χ0v) is 10.5. The Morgan fingerprint density at radius 2 is 1.93 bits per heavy atom. The first-order valence-corrected chi connectivity index (χ1v) is 7.36. The van der Waals surface area contributed by atoms with Gasteiger partial charge in [-0.2, -0.15) is 0 Å². The molecule has 1 unspecified atom stereocenters. The maximum absolute atomic E-state index is 10.9. The molecule has 1 nitrogen and oxygen atoms in total. The van der Waals surface area contributed by atoms with Crippen molar-refractivity contribution in [2.45, 2.75) is 18.7 Å². The Morgan fingerprint density at radius 1 is 1.36 bits per heavy atom. The van der Waals surface area contributed by atoms with Crippen molar-refractivity contribution in [1.82, 2.24) is 0 Å². The largest absolute Gasteiger partial charge is 0.248 e. The van der Waals surface area contributed by atoms with E-state index in [2.05, 4.69) is 6.58 Å². The van der Waals surface area contributed by atoms with E-state index in [1.807, 2.05) is 38.1 Å². The van der Waals surface area contributed by atoms with Crippen LogP contribution in [0.3, 0.4) is 0 Å². The Bertz CT molecular complexity index is 308. The van der Waals surface area contributed by atoms with E-state index in [4.69, 9.17) is 0 Å². The van der Waals surface area contributed by atoms with Gasteiger partial charge in [-0.3, -0.25) is 0 Å². The Kier molecular flexibility index (Phi) is 7.52. The van der Waals surface area contributed by atoms with Crippen LogP contribution in [0.4, 0.5) is 0 Å². The fourth-order valence-corrected chi connectivity index (χ4v) is 2.70. The fourth-order valence-electron chi connectivity index (χ4n) is 0.851. The molecule has 0 saturated carbocycles. The summed E-state index contributed by atoms with van der Waals surface area (Å²) >= 11 is 0. The van der Waals surface area contributed by atoms with Crippen molar-refractivity contribution >= 4 is 26.7 Å². The Morgan fingerprint density at radius 3 is 2.43 bits per heavy atom. The topological polar surface area (TPSA) is 17.1 Å². The predicted octanol–water partition coefficient (Wildman–Crippen LogP) is 3.74. The third-order valence-electron chi connectivity index (χ3n) is 1.35. The summed E-state index contributed by atoms with van der Waals surface area (Å²) in [5, 5.41) is 0. The van der Waals surface area contributed by atoms with E-state index in [1.165, 1.54) is 10.8 Å². The molecule has 1 atom stereocenters. The molecular weight excluding hydrogens is 212 g/mol. The van der Waals surface area contributed by atoms with E-state index < -0.39 is 9.83 Å². The minimum atomic E-state index is -0.860. The summed E-state index contributed by atoms with van der Waals surface area (Å²) < 4.78 is 10.9. The maximum Gasteiger partial charge on any atom is 0.0821 e. The molecule has 0 aromatic heterocycles. The molecule has 3 heteroatoms. The van der Waals surface area contributed by atoms with Crippen LogP contribution in [0, 0.1) is 0 Å². The standard InChI is InChI=1S/C9H10OS2.C2H6/c1-3-8-6-4-5-7-9(8)11-12(2)10;1-2/h3-7H,1H2,2H3;1-2H3. The third kappa shape index (κ3) is 4.63. The van der Waals surface area contributed by atoms with Crippen LogP contribution in [0.25, 0.3) is 6.08 Å². The average molecular weight is 228 g/mol. The van der Waals surface area contributed by atoms with E-state index in [0.29, 0.717) is 0 Å². The highest BCUT2D eigenvalue weighted by atomic mass is 33.1. The van der Waals surface area contributed by atoms with Gasteiger partial charge in [0.25, 0.3) is 0 Å². The molecule has 14 heavy (non-hydrogen) atoms. The smallest absolute Gasteiger partial charge is 0.0821 e. The molecular formula is C11H16OS2. The molecule has 0 amide bonds. The minimum Gasteiger partial charge on any atom is -0.248 e. The monoisotopic (exact) mass is 228 g/mol. The second-order valence-corrected chi connectivity index (χ2v) is 5.54. The van der Waals surface area contributed by atoms with Crippen LogP contribution in [-0.4, -0.2) is 10.5 Å². The molecule has 0 fully saturated rings. The van der Waals surface area contributed by atoms with Gasteiger partial charge in [-0.1, -0.05) is 44.7 Å². The molecule has 0 aliphatic carbocycles. The van der Waals surface area contributed by atoms with Crippen molar-refractivity contribution in [3.63, 3.8) is 0 Å². The zero-order valence-electron chi connectivity index (χ0n) is 8.82. The number of benzene rings is 1. The lowest BCUT2D eigenvalue weighted by Gasteiger charge is -2.01. The zero-order chi connectivity index (χ0) is 11.0. The summed E-state index contributed by atoms with van der Waals surface area (Å²) in [6.07, 6.45) is 3.44. The molecule has 0 bridgehead atoms. The van der Waals surface area contributed by atoms with Crippen LogP contribution in [0.1, 0.15) is 19.4 Å². The lowest BCUT2D eigenvalue weighted by molar-refractivity contribution is 0.695.